The van der Waals surface area contributed by atoms with Crippen LogP contribution in [0.5, 0.6) is 0 Å². The summed E-state index contributed by atoms with van der Waals surface area (Å²) in [6, 6.07) is 0. The molecule has 18 heavy (non-hydrogen) atoms. The van der Waals surface area contributed by atoms with E-state index in [1.165, 1.54) is 4.90 Å². The molecule has 0 aromatic heterocycles. The molecule has 0 aromatic rings. The number of ether oxygens (including phenoxy) is 1. The quantitative estimate of drug-likeness (QED) is 0.745. The first-order chi connectivity index (χ1) is 8.31. The van der Waals surface area contributed by atoms with Crippen molar-refractivity contribution in [3.63, 3.8) is 0 Å². The molecule has 0 rings (SSSR count). The first kappa shape index (κ1) is 17.1. The fraction of sp³-hybridized carbons (Fsp3) is 0.818. The minimum absolute atomic E-state index is 0.0702. The SMILES string of the molecule is CC(C)(C)OC(=O)N(CCCN)C(=S)NCCF. The Bertz CT molecular complexity index is 282. The molecular weight excluding hydrogens is 257 g/mol. The van der Waals surface area contributed by atoms with Crippen molar-refractivity contribution in [3.8, 4) is 0 Å². The molecule has 7 heteroatoms. The largest absolute Gasteiger partial charge is 0.443 e. The van der Waals surface area contributed by atoms with Crippen molar-refractivity contribution >= 4 is 23.4 Å². The average molecular weight is 279 g/mol. The van der Waals surface area contributed by atoms with E-state index >= 15 is 0 Å². The molecule has 0 saturated carbocycles. The van der Waals surface area contributed by atoms with Crippen molar-refractivity contribution in [2.45, 2.75) is 32.8 Å². The maximum atomic E-state index is 12.1. The second-order valence-corrected chi connectivity index (χ2v) is 5.08. The molecule has 1 amide bonds. The van der Waals surface area contributed by atoms with Gasteiger partial charge in [0.15, 0.2) is 5.11 Å². The van der Waals surface area contributed by atoms with Gasteiger partial charge in [-0.3, -0.25) is 4.90 Å². The first-order valence-electron chi connectivity index (χ1n) is 5.86. The van der Waals surface area contributed by atoms with E-state index in [0.717, 1.165) is 0 Å². The van der Waals surface area contributed by atoms with Crippen LogP contribution in [0.1, 0.15) is 27.2 Å². The molecule has 0 spiro atoms. The summed E-state index contributed by atoms with van der Waals surface area (Å²) >= 11 is 5.03. The molecule has 0 fully saturated rings. The zero-order valence-electron chi connectivity index (χ0n) is 11.2. The number of rotatable bonds is 5. The standard InChI is InChI=1S/C11H22FN3O2S/c1-11(2,3)17-10(16)15(8-4-6-13)9(18)14-7-5-12/h4-8,13H2,1-3H3,(H,14,18). The molecule has 0 aliphatic heterocycles. The van der Waals surface area contributed by atoms with Gasteiger partial charge in [0.25, 0.3) is 0 Å². The van der Waals surface area contributed by atoms with Crippen LogP contribution in [0.4, 0.5) is 9.18 Å². The summed E-state index contributed by atoms with van der Waals surface area (Å²) in [6.07, 6.45) is 0.0451. The van der Waals surface area contributed by atoms with Gasteiger partial charge in [0.05, 0.1) is 0 Å². The fourth-order valence-corrected chi connectivity index (χ4v) is 1.36. The van der Waals surface area contributed by atoms with Gasteiger partial charge in [-0.15, -0.1) is 0 Å². The van der Waals surface area contributed by atoms with Crippen LogP contribution in [0.3, 0.4) is 0 Å². The molecule has 5 nitrogen and oxygen atoms in total. The second kappa shape index (κ2) is 8.20. The molecule has 0 heterocycles. The highest BCUT2D eigenvalue weighted by molar-refractivity contribution is 7.80. The number of alkyl halides is 1. The summed E-state index contributed by atoms with van der Waals surface area (Å²) < 4.78 is 17.3. The summed E-state index contributed by atoms with van der Waals surface area (Å²) in [5, 5.41) is 2.81. The van der Waals surface area contributed by atoms with Crippen LogP contribution in [0.15, 0.2) is 0 Å². The lowest BCUT2D eigenvalue weighted by molar-refractivity contribution is 0.0367. The number of amides is 1. The molecule has 0 unspecified atom stereocenters. The minimum Gasteiger partial charge on any atom is -0.443 e. The van der Waals surface area contributed by atoms with Crippen molar-refractivity contribution in [2.24, 2.45) is 5.73 Å². The molecule has 0 bridgehead atoms. The van der Waals surface area contributed by atoms with Crippen LogP contribution in [0.25, 0.3) is 0 Å². The first-order valence-corrected chi connectivity index (χ1v) is 6.27. The van der Waals surface area contributed by atoms with Gasteiger partial charge in [-0.25, -0.2) is 9.18 Å². The van der Waals surface area contributed by atoms with Gasteiger partial charge in [0, 0.05) is 13.1 Å². The van der Waals surface area contributed by atoms with Crippen molar-refractivity contribution in [3.05, 3.63) is 0 Å². The summed E-state index contributed by atoms with van der Waals surface area (Å²) in [7, 11) is 0. The van der Waals surface area contributed by atoms with E-state index in [9.17, 15) is 9.18 Å². The minimum atomic E-state index is -0.603. The number of nitrogens with zero attached hydrogens (tertiary/aromatic N) is 1. The van der Waals surface area contributed by atoms with E-state index in [2.05, 4.69) is 5.32 Å². The topological polar surface area (TPSA) is 67.6 Å². The van der Waals surface area contributed by atoms with Gasteiger partial charge in [-0.05, 0) is 46.0 Å². The Balaban J connectivity index is 4.55. The molecular formula is C11H22FN3O2S. The van der Waals surface area contributed by atoms with Crippen LogP contribution in [0.2, 0.25) is 0 Å². The molecule has 0 radical (unpaired) electrons. The van der Waals surface area contributed by atoms with E-state index in [-0.39, 0.29) is 11.7 Å². The molecule has 0 aliphatic rings. The number of hydrogen-bond acceptors (Lipinski definition) is 4. The summed E-state index contributed by atoms with van der Waals surface area (Å²) in [5.41, 5.74) is 4.80. The van der Waals surface area contributed by atoms with Gasteiger partial charge >= 0.3 is 6.09 Å². The maximum absolute atomic E-state index is 12.1. The Labute approximate surface area is 113 Å². The zero-order valence-corrected chi connectivity index (χ0v) is 12.0. The van der Waals surface area contributed by atoms with Crippen molar-refractivity contribution in [1.29, 1.82) is 0 Å². The summed E-state index contributed by atoms with van der Waals surface area (Å²) in [6.45, 7) is 5.60. The third kappa shape index (κ3) is 7.39. The second-order valence-electron chi connectivity index (χ2n) is 4.70. The number of halogens is 1. The Morgan fingerprint density at radius 2 is 2.11 bits per heavy atom. The Kier molecular flexibility index (Phi) is 7.77. The number of thiocarbonyl (C=S) groups is 1. The zero-order chi connectivity index (χ0) is 14.2. The molecule has 0 atom stereocenters. The van der Waals surface area contributed by atoms with Crippen LogP contribution in [-0.2, 0) is 4.74 Å². The highest BCUT2D eigenvalue weighted by Crippen LogP contribution is 2.10. The molecule has 106 valence electrons. The van der Waals surface area contributed by atoms with Crippen LogP contribution in [0, 0.1) is 0 Å². The van der Waals surface area contributed by atoms with E-state index in [0.29, 0.717) is 19.5 Å². The van der Waals surface area contributed by atoms with E-state index in [1.807, 2.05) is 0 Å². The molecule has 0 aromatic carbocycles. The predicted octanol–water partition coefficient (Wildman–Crippen LogP) is 1.42. The van der Waals surface area contributed by atoms with E-state index in [1.54, 1.807) is 20.8 Å². The number of carbonyl (C=O) groups is 1. The Morgan fingerprint density at radius 3 is 2.56 bits per heavy atom. The lowest BCUT2D eigenvalue weighted by Crippen LogP contribution is -2.47. The van der Waals surface area contributed by atoms with Crippen molar-refractivity contribution in [1.82, 2.24) is 10.2 Å². The van der Waals surface area contributed by atoms with E-state index < -0.39 is 18.4 Å². The van der Waals surface area contributed by atoms with Gasteiger partial charge in [-0.2, -0.15) is 0 Å². The lowest BCUT2D eigenvalue weighted by Gasteiger charge is -2.27. The van der Waals surface area contributed by atoms with Gasteiger partial charge in [0.2, 0.25) is 0 Å². The van der Waals surface area contributed by atoms with Crippen molar-refractivity contribution < 1.29 is 13.9 Å². The third-order valence-corrected chi connectivity index (χ3v) is 2.18. The van der Waals surface area contributed by atoms with Crippen LogP contribution < -0.4 is 11.1 Å². The highest BCUT2D eigenvalue weighted by atomic mass is 32.1. The van der Waals surface area contributed by atoms with Crippen LogP contribution >= 0.6 is 12.2 Å². The Hall–Kier alpha value is -0.950. The van der Waals surface area contributed by atoms with Gasteiger partial charge < -0.3 is 15.8 Å². The Morgan fingerprint density at radius 1 is 1.50 bits per heavy atom. The number of hydrogen-bond donors (Lipinski definition) is 2. The monoisotopic (exact) mass is 279 g/mol. The number of carbonyl (C=O) groups excluding carboxylic acids is 1. The maximum Gasteiger partial charge on any atom is 0.416 e. The van der Waals surface area contributed by atoms with Gasteiger partial charge in [-0.1, -0.05) is 0 Å². The summed E-state index contributed by atoms with van der Waals surface area (Å²) in [5.74, 6) is 0. The number of nitrogens with one attached hydrogen (secondary N) is 1. The number of nitrogens with two attached hydrogens (primary N) is 1. The van der Waals surface area contributed by atoms with Crippen molar-refractivity contribution in [2.75, 3.05) is 26.3 Å². The predicted molar refractivity (Wildman–Crippen MR) is 73.2 cm³/mol. The highest BCUT2D eigenvalue weighted by Gasteiger charge is 2.24. The lowest BCUT2D eigenvalue weighted by atomic mass is 10.2. The third-order valence-electron chi connectivity index (χ3n) is 1.82. The summed E-state index contributed by atoms with van der Waals surface area (Å²) in [4.78, 5) is 13.2. The molecule has 0 aliphatic carbocycles. The van der Waals surface area contributed by atoms with E-state index in [4.69, 9.17) is 22.7 Å². The van der Waals surface area contributed by atoms with Gasteiger partial charge in [0.1, 0.15) is 12.3 Å². The average Bonchev–Trinajstić information content (AvgIpc) is 2.24. The molecule has 0 saturated heterocycles. The normalized spacial score (nSPS) is 10.9. The molecule has 3 N–H and O–H groups in total. The van der Waals surface area contributed by atoms with Crippen LogP contribution in [-0.4, -0.2) is 48.0 Å². The fourth-order valence-electron chi connectivity index (χ4n) is 1.09. The smallest absolute Gasteiger partial charge is 0.416 e.